The van der Waals surface area contributed by atoms with E-state index in [-0.39, 0.29) is 17.3 Å². The summed E-state index contributed by atoms with van der Waals surface area (Å²) in [5.41, 5.74) is 1.30. The highest BCUT2D eigenvalue weighted by Crippen LogP contribution is 2.49. The Kier molecular flexibility index (Phi) is 4.43. The van der Waals surface area contributed by atoms with E-state index in [1.807, 2.05) is 6.07 Å². The summed E-state index contributed by atoms with van der Waals surface area (Å²) in [5.74, 6) is 2.45. The first-order valence-corrected chi connectivity index (χ1v) is 9.41. The van der Waals surface area contributed by atoms with Crippen molar-refractivity contribution in [3.8, 4) is 11.5 Å². The number of hydrogen-bond donors (Lipinski definition) is 0. The average molecular weight is 357 g/mol. The number of benzene rings is 1. The molecule has 1 aromatic rings. The monoisotopic (exact) mass is 357 g/mol. The number of rotatable bonds is 5. The third kappa shape index (κ3) is 2.88. The molecular formula is C21H27NO4. The molecule has 1 heterocycles. The summed E-state index contributed by atoms with van der Waals surface area (Å²) < 4.78 is 16.6. The Hall–Kier alpha value is -2.01. The van der Waals surface area contributed by atoms with Crippen molar-refractivity contribution < 1.29 is 19.0 Å². The van der Waals surface area contributed by atoms with Crippen LogP contribution in [0.25, 0.3) is 0 Å². The molecule has 3 aliphatic rings. The summed E-state index contributed by atoms with van der Waals surface area (Å²) in [4.78, 5) is 14.4. The van der Waals surface area contributed by atoms with E-state index >= 15 is 0 Å². The smallest absolute Gasteiger partial charge is 0.313 e. The van der Waals surface area contributed by atoms with Crippen LogP contribution in [0.5, 0.6) is 11.5 Å². The van der Waals surface area contributed by atoms with Crippen molar-refractivity contribution in [3.05, 3.63) is 35.6 Å². The maximum Gasteiger partial charge on any atom is 0.313 e. The van der Waals surface area contributed by atoms with E-state index in [2.05, 4.69) is 30.2 Å². The molecule has 0 unspecified atom stereocenters. The number of allylic oxidation sites excluding steroid dienone is 1. The van der Waals surface area contributed by atoms with Crippen molar-refractivity contribution in [2.45, 2.75) is 43.6 Å². The van der Waals surface area contributed by atoms with Crippen LogP contribution in [-0.2, 0) is 14.9 Å². The van der Waals surface area contributed by atoms with Gasteiger partial charge in [-0.05, 0) is 63.0 Å². The summed E-state index contributed by atoms with van der Waals surface area (Å²) in [5, 5.41) is 0. The number of carbonyl (C=O) groups is 1. The van der Waals surface area contributed by atoms with Gasteiger partial charge in [-0.1, -0.05) is 6.07 Å². The van der Waals surface area contributed by atoms with Crippen LogP contribution in [0.15, 0.2) is 30.0 Å². The van der Waals surface area contributed by atoms with E-state index in [4.69, 9.17) is 14.2 Å². The Labute approximate surface area is 154 Å². The molecule has 2 aliphatic carbocycles. The molecule has 140 valence electrons. The van der Waals surface area contributed by atoms with Crippen molar-refractivity contribution in [2.75, 3.05) is 27.8 Å². The SMILES string of the molecule is COc1ccc([C@@]23CC=C(OC(=O)C4CC4)C[C@@H]2N(C)CC3)cc1OC. The van der Waals surface area contributed by atoms with Gasteiger partial charge >= 0.3 is 5.97 Å². The fourth-order valence-electron chi connectivity index (χ4n) is 4.49. The zero-order valence-electron chi connectivity index (χ0n) is 15.8. The molecule has 1 saturated carbocycles. The van der Waals surface area contributed by atoms with Crippen LogP contribution in [0, 0.1) is 5.92 Å². The second-order valence-corrected chi connectivity index (χ2v) is 7.75. The molecule has 0 amide bonds. The van der Waals surface area contributed by atoms with Crippen LogP contribution in [0.2, 0.25) is 0 Å². The van der Waals surface area contributed by atoms with E-state index < -0.39 is 0 Å². The zero-order chi connectivity index (χ0) is 18.3. The van der Waals surface area contributed by atoms with Crippen molar-refractivity contribution in [1.29, 1.82) is 0 Å². The summed E-state index contributed by atoms with van der Waals surface area (Å²) >= 11 is 0. The molecule has 0 bridgehead atoms. The van der Waals surface area contributed by atoms with Gasteiger partial charge in [-0.25, -0.2) is 0 Å². The lowest BCUT2D eigenvalue weighted by molar-refractivity contribution is -0.141. The first-order valence-electron chi connectivity index (χ1n) is 9.41. The van der Waals surface area contributed by atoms with Crippen molar-refractivity contribution in [3.63, 3.8) is 0 Å². The van der Waals surface area contributed by atoms with Crippen LogP contribution in [0.3, 0.4) is 0 Å². The molecule has 26 heavy (non-hydrogen) atoms. The van der Waals surface area contributed by atoms with Gasteiger partial charge in [0.2, 0.25) is 0 Å². The third-order valence-corrected chi connectivity index (χ3v) is 6.27. The first kappa shape index (κ1) is 17.4. The number of nitrogens with zero attached hydrogens (tertiary/aromatic N) is 1. The number of esters is 1. The Bertz CT molecular complexity index is 740. The molecule has 2 fully saturated rings. The predicted octanol–water partition coefficient (Wildman–Crippen LogP) is 3.28. The van der Waals surface area contributed by atoms with Gasteiger partial charge in [0.15, 0.2) is 11.5 Å². The van der Waals surface area contributed by atoms with Crippen molar-refractivity contribution in [1.82, 2.24) is 4.90 Å². The van der Waals surface area contributed by atoms with Crippen LogP contribution in [0.4, 0.5) is 0 Å². The van der Waals surface area contributed by atoms with Crippen LogP contribution >= 0.6 is 0 Å². The van der Waals surface area contributed by atoms with Gasteiger partial charge < -0.3 is 19.1 Å². The van der Waals surface area contributed by atoms with Crippen molar-refractivity contribution in [2.24, 2.45) is 5.92 Å². The minimum atomic E-state index is -0.0458. The molecule has 4 rings (SSSR count). The molecule has 2 atom stereocenters. The fourth-order valence-corrected chi connectivity index (χ4v) is 4.49. The number of methoxy groups -OCH3 is 2. The number of carbonyl (C=O) groups excluding carboxylic acids is 1. The van der Waals surface area contributed by atoms with E-state index in [0.717, 1.165) is 55.9 Å². The predicted molar refractivity (Wildman–Crippen MR) is 98.4 cm³/mol. The Balaban J connectivity index is 1.63. The molecule has 1 aromatic carbocycles. The Morgan fingerprint density at radius 2 is 1.96 bits per heavy atom. The molecule has 0 radical (unpaired) electrons. The topological polar surface area (TPSA) is 48.0 Å². The second-order valence-electron chi connectivity index (χ2n) is 7.75. The normalized spacial score (nSPS) is 28.3. The highest BCUT2D eigenvalue weighted by molar-refractivity contribution is 5.76. The summed E-state index contributed by atoms with van der Waals surface area (Å²) in [7, 11) is 5.50. The molecule has 0 spiro atoms. The average Bonchev–Trinajstić information content (AvgIpc) is 3.46. The summed E-state index contributed by atoms with van der Waals surface area (Å²) in [6.45, 7) is 1.04. The standard InChI is InChI=1S/C21H27NO4/c1-22-11-10-21(15-6-7-17(24-2)18(12-15)25-3)9-8-16(13-19(21)22)26-20(23)14-4-5-14/h6-8,12,14,19H,4-5,9-11,13H2,1-3H3/t19-,21-/m0/s1. The molecule has 5 nitrogen and oxygen atoms in total. The molecule has 0 N–H and O–H groups in total. The lowest BCUT2D eigenvalue weighted by Gasteiger charge is -2.40. The number of ether oxygens (including phenoxy) is 3. The van der Waals surface area contributed by atoms with Gasteiger partial charge in [-0.15, -0.1) is 0 Å². The van der Waals surface area contributed by atoms with E-state index in [9.17, 15) is 4.79 Å². The van der Waals surface area contributed by atoms with Gasteiger partial charge in [-0.3, -0.25) is 4.79 Å². The molecule has 1 aliphatic heterocycles. The lowest BCUT2D eigenvalue weighted by atomic mass is 9.68. The quantitative estimate of drug-likeness (QED) is 0.757. The van der Waals surface area contributed by atoms with E-state index in [0.29, 0.717) is 6.04 Å². The largest absolute Gasteiger partial charge is 0.493 e. The summed E-state index contributed by atoms with van der Waals surface area (Å²) in [6, 6.07) is 6.58. The number of hydrogen-bond acceptors (Lipinski definition) is 5. The maximum atomic E-state index is 12.0. The molecule has 0 aromatic heterocycles. The minimum Gasteiger partial charge on any atom is -0.493 e. The molecular weight excluding hydrogens is 330 g/mol. The maximum absolute atomic E-state index is 12.0. The zero-order valence-corrected chi connectivity index (χ0v) is 15.8. The number of fused-ring (bicyclic) bond motifs is 1. The van der Waals surface area contributed by atoms with Crippen LogP contribution < -0.4 is 9.47 Å². The Morgan fingerprint density at radius 1 is 1.19 bits per heavy atom. The first-order chi connectivity index (χ1) is 12.6. The molecule has 1 saturated heterocycles. The van der Waals surface area contributed by atoms with Gasteiger partial charge in [0.05, 0.1) is 20.1 Å². The van der Waals surface area contributed by atoms with Crippen LogP contribution in [0.1, 0.15) is 37.7 Å². The van der Waals surface area contributed by atoms with Gasteiger partial charge in [0.25, 0.3) is 0 Å². The van der Waals surface area contributed by atoms with Gasteiger partial charge in [0.1, 0.15) is 5.76 Å². The second kappa shape index (κ2) is 6.62. The Morgan fingerprint density at radius 3 is 2.65 bits per heavy atom. The minimum absolute atomic E-state index is 0.0315. The van der Waals surface area contributed by atoms with Gasteiger partial charge in [0, 0.05) is 17.9 Å². The fraction of sp³-hybridized carbons (Fsp3) is 0.571. The van der Waals surface area contributed by atoms with E-state index in [1.54, 1.807) is 14.2 Å². The number of likely N-dealkylation sites (tertiary alicyclic amines) is 1. The lowest BCUT2D eigenvalue weighted by Crippen LogP contribution is -2.43. The van der Waals surface area contributed by atoms with E-state index in [1.165, 1.54) is 5.56 Å². The molecule has 5 heteroatoms. The van der Waals surface area contributed by atoms with Crippen LogP contribution in [-0.4, -0.2) is 44.7 Å². The highest BCUT2D eigenvalue weighted by Gasteiger charge is 2.49. The van der Waals surface area contributed by atoms with Gasteiger partial charge in [-0.2, -0.15) is 0 Å². The third-order valence-electron chi connectivity index (χ3n) is 6.27. The van der Waals surface area contributed by atoms with Crippen molar-refractivity contribution >= 4 is 5.97 Å². The highest BCUT2D eigenvalue weighted by atomic mass is 16.5. The summed E-state index contributed by atoms with van der Waals surface area (Å²) in [6.07, 6.45) is 6.83. The number of likely N-dealkylation sites (N-methyl/N-ethyl adjacent to an activating group) is 1.